The van der Waals surface area contributed by atoms with Gasteiger partial charge in [0, 0.05) is 30.1 Å². The quantitative estimate of drug-likeness (QED) is 0.651. The van der Waals surface area contributed by atoms with Gasteiger partial charge in [0.1, 0.15) is 23.6 Å². The van der Waals surface area contributed by atoms with E-state index in [2.05, 4.69) is 9.97 Å². The van der Waals surface area contributed by atoms with Gasteiger partial charge in [-0.05, 0) is 36.8 Å². The maximum absolute atomic E-state index is 13.3. The van der Waals surface area contributed by atoms with Crippen LogP contribution in [0.25, 0.3) is 11.1 Å². The minimum Gasteiger partial charge on any atom is -0.492 e. The zero-order chi connectivity index (χ0) is 19.7. The monoisotopic (exact) mass is 415 g/mol. The van der Waals surface area contributed by atoms with Crippen molar-refractivity contribution in [2.24, 2.45) is 0 Å². The number of aromatic nitrogens is 2. The van der Waals surface area contributed by atoms with Crippen molar-refractivity contribution in [3.8, 4) is 16.9 Å². The summed E-state index contributed by atoms with van der Waals surface area (Å²) in [6.07, 6.45) is 4.90. The summed E-state index contributed by atoms with van der Waals surface area (Å²) >= 11 is 6.17. The Hall–Kier alpha value is -2.48. The van der Waals surface area contributed by atoms with Gasteiger partial charge in [-0.1, -0.05) is 29.8 Å². The van der Waals surface area contributed by atoms with Gasteiger partial charge in [0.25, 0.3) is 0 Å². The van der Waals surface area contributed by atoms with E-state index >= 15 is 0 Å². The molecule has 0 fully saturated rings. The second-order valence-corrected chi connectivity index (χ2v) is 8.86. The highest BCUT2D eigenvalue weighted by Gasteiger charge is 2.33. The highest BCUT2D eigenvalue weighted by Crippen LogP contribution is 2.33. The molecule has 0 bridgehead atoms. The first-order chi connectivity index (χ1) is 13.5. The van der Waals surface area contributed by atoms with Crippen LogP contribution in [-0.4, -0.2) is 35.3 Å². The molecule has 0 amide bonds. The molecule has 8 heteroatoms. The van der Waals surface area contributed by atoms with Crippen LogP contribution in [0.1, 0.15) is 12.5 Å². The lowest BCUT2D eigenvalue weighted by molar-refractivity contribution is 0.233. The molecular formula is C20H18ClN3O3S. The van der Waals surface area contributed by atoms with Crippen molar-refractivity contribution in [3.63, 3.8) is 0 Å². The van der Waals surface area contributed by atoms with Crippen molar-refractivity contribution in [2.45, 2.75) is 24.4 Å². The third-order valence-electron chi connectivity index (χ3n) is 4.68. The third-order valence-corrected chi connectivity index (χ3v) is 7.14. The number of halogens is 1. The standard InChI is InChI=1S/C20H18ClN3O3S/c1-14-12-27-19-7-6-15(17-9-22-13-23-10-17)8-16(19)11-24(14)28(25,26)20-5-3-2-4-18(20)21/h2-10,13-14H,11-12H2,1H3/t14-/m1/s1. The predicted octanol–water partition coefficient (Wildman–Crippen LogP) is 3.77. The van der Waals surface area contributed by atoms with E-state index in [9.17, 15) is 8.42 Å². The fourth-order valence-electron chi connectivity index (χ4n) is 3.19. The van der Waals surface area contributed by atoms with Crippen molar-refractivity contribution in [1.82, 2.24) is 14.3 Å². The molecule has 1 aliphatic rings. The smallest absolute Gasteiger partial charge is 0.245 e. The molecule has 0 saturated heterocycles. The summed E-state index contributed by atoms with van der Waals surface area (Å²) in [5.74, 6) is 0.671. The van der Waals surface area contributed by atoms with Gasteiger partial charge in [-0.15, -0.1) is 0 Å². The second-order valence-electron chi connectivity index (χ2n) is 6.59. The number of ether oxygens (including phenoxy) is 1. The Morgan fingerprint density at radius 3 is 2.61 bits per heavy atom. The average Bonchev–Trinajstić information content (AvgIpc) is 2.88. The van der Waals surface area contributed by atoms with Crippen molar-refractivity contribution in [3.05, 3.63) is 71.8 Å². The molecule has 1 aromatic heterocycles. The van der Waals surface area contributed by atoms with Crippen LogP contribution in [0.5, 0.6) is 5.75 Å². The van der Waals surface area contributed by atoms with Gasteiger partial charge in [-0.25, -0.2) is 18.4 Å². The minimum absolute atomic E-state index is 0.0968. The Morgan fingerprint density at radius 2 is 1.86 bits per heavy atom. The lowest BCUT2D eigenvalue weighted by atomic mass is 10.0. The van der Waals surface area contributed by atoms with Crippen molar-refractivity contribution < 1.29 is 13.2 Å². The summed E-state index contributed by atoms with van der Waals surface area (Å²) in [4.78, 5) is 8.18. The van der Waals surface area contributed by atoms with Gasteiger partial charge in [0.2, 0.25) is 10.0 Å². The van der Waals surface area contributed by atoms with E-state index in [4.69, 9.17) is 16.3 Å². The fraction of sp³-hybridized carbons (Fsp3) is 0.200. The Balaban J connectivity index is 1.75. The summed E-state index contributed by atoms with van der Waals surface area (Å²) in [6.45, 7) is 2.27. The van der Waals surface area contributed by atoms with Crippen LogP contribution in [0, 0.1) is 0 Å². The summed E-state index contributed by atoms with van der Waals surface area (Å²) < 4.78 is 33.9. The van der Waals surface area contributed by atoms with Crippen LogP contribution in [-0.2, 0) is 16.6 Å². The first-order valence-electron chi connectivity index (χ1n) is 8.74. The fourth-order valence-corrected chi connectivity index (χ4v) is 5.28. The molecule has 144 valence electrons. The van der Waals surface area contributed by atoms with Crippen LogP contribution < -0.4 is 4.74 Å². The van der Waals surface area contributed by atoms with E-state index in [0.29, 0.717) is 5.75 Å². The topological polar surface area (TPSA) is 72.4 Å². The van der Waals surface area contributed by atoms with Gasteiger partial charge in [-0.3, -0.25) is 0 Å². The molecule has 0 N–H and O–H groups in total. The summed E-state index contributed by atoms with van der Waals surface area (Å²) in [5.41, 5.74) is 2.53. The first kappa shape index (κ1) is 18.9. The summed E-state index contributed by atoms with van der Waals surface area (Å²) in [5, 5.41) is 0.204. The van der Waals surface area contributed by atoms with Gasteiger partial charge < -0.3 is 4.74 Å². The molecule has 3 aromatic rings. The highest BCUT2D eigenvalue weighted by atomic mass is 35.5. The normalized spacial score (nSPS) is 17.4. The largest absolute Gasteiger partial charge is 0.492 e. The Bertz CT molecular complexity index is 1110. The van der Waals surface area contributed by atoms with Crippen molar-refractivity contribution in [2.75, 3.05) is 6.61 Å². The maximum Gasteiger partial charge on any atom is 0.245 e. The zero-order valence-electron chi connectivity index (χ0n) is 15.1. The number of rotatable bonds is 3. The zero-order valence-corrected chi connectivity index (χ0v) is 16.7. The summed E-state index contributed by atoms with van der Waals surface area (Å²) in [6, 6.07) is 11.8. The number of hydrogen-bond acceptors (Lipinski definition) is 5. The molecule has 0 radical (unpaired) electrons. The lowest BCUT2D eigenvalue weighted by Gasteiger charge is -2.26. The Kier molecular flexibility index (Phi) is 5.05. The second kappa shape index (κ2) is 7.50. The number of nitrogens with zero attached hydrogens (tertiary/aromatic N) is 3. The number of hydrogen-bond donors (Lipinski definition) is 0. The third kappa shape index (κ3) is 3.48. The van der Waals surface area contributed by atoms with Gasteiger partial charge in [0.05, 0.1) is 11.1 Å². The Morgan fingerprint density at radius 1 is 1.11 bits per heavy atom. The number of fused-ring (bicyclic) bond motifs is 1. The molecular weight excluding hydrogens is 398 g/mol. The van der Waals surface area contributed by atoms with E-state index in [-0.39, 0.29) is 29.1 Å². The molecule has 0 aliphatic carbocycles. The Labute approximate surface area is 168 Å². The molecule has 0 spiro atoms. The summed E-state index contributed by atoms with van der Waals surface area (Å²) in [7, 11) is -3.79. The van der Waals surface area contributed by atoms with E-state index in [1.807, 2.05) is 25.1 Å². The molecule has 6 nitrogen and oxygen atoms in total. The van der Waals surface area contributed by atoms with E-state index in [0.717, 1.165) is 16.7 Å². The molecule has 28 heavy (non-hydrogen) atoms. The minimum atomic E-state index is -3.79. The number of sulfonamides is 1. The van der Waals surface area contributed by atoms with E-state index < -0.39 is 10.0 Å². The van der Waals surface area contributed by atoms with Crippen LogP contribution in [0.4, 0.5) is 0 Å². The average molecular weight is 416 g/mol. The molecule has 0 saturated carbocycles. The molecule has 4 rings (SSSR count). The van der Waals surface area contributed by atoms with Gasteiger partial charge >= 0.3 is 0 Å². The number of benzene rings is 2. The molecule has 2 heterocycles. The van der Waals surface area contributed by atoms with Crippen LogP contribution in [0.2, 0.25) is 5.02 Å². The van der Waals surface area contributed by atoms with Gasteiger partial charge in [0.15, 0.2) is 0 Å². The highest BCUT2D eigenvalue weighted by molar-refractivity contribution is 7.89. The SMILES string of the molecule is C[C@@H]1COc2ccc(-c3cncnc3)cc2CN1S(=O)(=O)c1ccccc1Cl. The van der Waals surface area contributed by atoms with Crippen LogP contribution in [0.3, 0.4) is 0 Å². The van der Waals surface area contributed by atoms with Crippen LogP contribution >= 0.6 is 11.6 Å². The lowest BCUT2D eigenvalue weighted by Crippen LogP contribution is -2.39. The van der Waals surface area contributed by atoms with E-state index in [1.54, 1.807) is 30.6 Å². The first-order valence-corrected chi connectivity index (χ1v) is 10.6. The predicted molar refractivity (Wildman–Crippen MR) is 107 cm³/mol. The molecule has 1 aliphatic heterocycles. The van der Waals surface area contributed by atoms with Crippen molar-refractivity contribution in [1.29, 1.82) is 0 Å². The molecule has 1 atom stereocenters. The van der Waals surface area contributed by atoms with E-state index in [1.165, 1.54) is 16.7 Å². The maximum atomic E-state index is 13.3. The molecule has 0 unspecified atom stereocenters. The van der Waals surface area contributed by atoms with Crippen molar-refractivity contribution >= 4 is 21.6 Å². The van der Waals surface area contributed by atoms with Crippen LogP contribution in [0.15, 0.2) is 66.1 Å². The van der Waals surface area contributed by atoms with Gasteiger partial charge in [-0.2, -0.15) is 4.31 Å². The molecule has 2 aromatic carbocycles.